The van der Waals surface area contributed by atoms with Crippen LogP contribution in [0.5, 0.6) is 11.5 Å². The predicted octanol–water partition coefficient (Wildman–Crippen LogP) is 4.01. The Balaban J connectivity index is 2.15. The topological polar surface area (TPSA) is 30.5 Å². The SMILES string of the molecule is CCOc1cc(C=C(C)CNC2CC2)cc(Br)c1OC. The molecule has 3 nitrogen and oxygen atoms in total. The third-order valence-corrected chi connectivity index (χ3v) is 3.78. The quantitative estimate of drug-likeness (QED) is 0.813. The van der Waals surface area contributed by atoms with Crippen molar-refractivity contribution in [1.29, 1.82) is 0 Å². The summed E-state index contributed by atoms with van der Waals surface area (Å²) >= 11 is 3.54. The number of nitrogens with one attached hydrogen (secondary N) is 1. The van der Waals surface area contributed by atoms with Crippen molar-refractivity contribution in [2.45, 2.75) is 32.7 Å². The molecule has 2 rings (SSSR count). The van der Waals surface area contributed by atoms with Crippen LogP contribution in [-0.4, -0.2) is 26.3 Å². The second-order valence-corrected chi connectivity index (χ2v) is 5.97. The normalized spacial score (nSPS) is 15.3. The molecule has 0 aromatic heterocycles. The fourth-order valence-corrected chi connectivity index (χ4v) is 2.68. The van der Waals surface area contributed by atoms with Crippen LogP contribution in [-0.2, 0) is 0 Å². The number of benzene rings is 1. The van der Waals surface area contributed by atoms with Crippen molar-refractivity contribution in [2.75, 3.05) is 20.3 Å². The summed E-state index contributed by atoms with van der Waals surface area (Å²) in [5, 5.41) is 3.52. The maximum absolute atomic E-state index is 5.64. The number of ether oxygens (including phenoxy) is 2. The smallest absolute Gasteiger partial charge is 0.174 e. The van der Waals surface area contributed by atoms with Crippen molar-refractivity contribution >= 4 is 22.0 Å². The Labute approximate surface area is 129 Å². The van der Waals surface area contributed by atoms with Crippen molar-refractivity contribution in [3.05, 3.63) is 27.7 Å². The maximum Gasteiger partial charge on any atom is 0.174 e. The Morgan fingerprint density at radius 1 is 1.45 bits per heavy atom. The molecule has 0 aliphatic heterocycles. The lowest BCUT2D eigenvalue weighted by atomic mass is 10.1. The number of rotatable bonds is 7. The van der Waals surface area contributed by atoms with E-state index in [0.29, 0.717) is 6.61 Å². The summed E-state index contributed by atoms with van der Waals surface area (Å²) < 4.78 is 11.9. The van der Waals surface area contributed by atoms with Crippen molar-refractivity contribution < 1.29 is 9.47 Å². The molecule has 0 saturated heterocycles. The van der Waals surface area contributed by atoms with E-state index in [1.807, 2.05) is 13.0 Å². The summed E-state index contributed by atoms with van der Waals surface area (Å²) in [6, 6.07) is 4.82. The van der Waals surface area contributed by atoms with Crippen LogP contribution < -0.4 is 14.8 Å². The molecule has 1 aromatic carbocycles. The highest BCUT2D eigenvalue weighted by atomic mass is 79.9. The van der Waals surface area contributed by atoms with Crippen LogP contribution in [0.15, 0.2) is 22.2 Å². The number of methoxy groups -OCH3 is 1. The first kappa shape index (κ1) is 15.4. The molecular weight excluding hydrogens is 318 g/mol. The Morgan fingerprint density at radius 3 is 2.80 bits per heavy atom. The molecule has 0 amide bonds. The van der Waals surface area contributed by atoms with Crippen LogP contribution in [0.1, 0.15) is 32.3 Å². The molecule has 0 heterocycles. The Hall–Kier alpha value is -1.00. The van der Waals surface area contributed by atoms with Crippen LogP contribution in [0, 0.1) is 0 Å². The zero-order chi connectivity index (χ0) is 14.5. The molecule has 0 spiro atoms. The van der Waals surface area contributed by atoms with E-state index in [2.05, 4.69) is 40.3 Å². The lowest BCUT2D eigenvalue weighted by Crippen LogP contribution is -2.18. The predicted molar refractivity (Wildman–Crippen MR) is 86.5 cm³/mol. The molecule has 1 N–H and O–H groups in total. The standard InChI is InChI=1S/C16H22BrNO2/c1-4-20-15-9-12(8-14(17)16(15)19-3)7-11(2)10-18-13-5-6-13/h7-9,13,18H,4-6,10H2,1-3H3. The third-order valence-electron chi connectivity index (χ3n) is 3.20. The molecule has 0 bridgehead atoms. The average molecular weight is 340 g/mol. The fourth-order valence-electron chi connectivity index (χ4n) is 2.06. The summed E-state index contributed by atoms with van der Waals surface area (Å²) in [5.41, 5.74) is 2.44. The van der Waals surface area contributed by atoms with E-state index in [-0.39, 0.29) is 0 Å². The molecule has 0 unspecified atom stereocenters. The van der Waals surface area contributed by atoms with Gasteiger partial charge in [0, 0.05) is 12.6 Å². The molecule has 1 aromatic rings. The Kier molecular flexibility index (Phi) is 5.49. The van der Waals surface area contributed by atoms with Gasteiger partial charge in [-0.3, -0.25) is 0 Å². The van der Waals surface area contributed by atoms with E-state index < -0.39 is 0 Å². The Bertz CT molecular complexity index is 495. The van der Waals surface area contributed by atoms with E-state index >= 15 is 0 Å². The monoisotopic (exact) mass is 339 g/mol. The van der Waals surface area contributed by atoms with Crippen LogP contribution in [0.25, 0.3) is 6.08 Å². The van der Waals surface area contributed by atoms with E-state index in [1.54, 1.807) is 7.11 Å². The maximum atomic E-state index is 5.64. The summed E-state index contributed by atoms with van der Waals surface area (Å²) in [6.07, 6.45) is 4.81. The largest absolute Gasteiger partial charge is 0.492 e. The third kappa shape index (κ3) is 4.25. The zero-order valence-electron chi connectivity index (χ0n) is 12.3. The second kappa shape index (κ2) is 7.14. The molecule has 4 heteroatoms. The van der Waals surface area contributed by atoms with Gasteiger partial charge in [-0.05, 0) is 60.3 Å². The van der Waals surface area contributed by atoms with E-state index in [9.17, 15) is 0 Å². The van der Waals surface area contributed by atoms with Crippen molar-refractivity contribution in [1.82, 2.24) is 5.32 Å². The van der Waals surface area contributed by atoms with Gasteiger partial charge >= 0.3 is 0 Å². The lowest BCUT2D eigenvalue weighted by Gasteiger charge is -2.12. The minimum absolute atomic E-state index is 0.623. The van der Waals surface area contributed by atoms with E-state index in [4.69, 9.17) is 9.47 Å². The number of hydrogen-bond donors (Lipinski definition) is 1. The van der Waals surface area contributed by atoms with Crippen LogP contribution in [0.4, 0.5) is 0 Å². The number of hydrogen-bond acceptors (Lipinski definition) is 3. The van der Waals surface area contributed by atoms with Gasteiger partial charge in [-0.2, -0.15) is 0 Å². The van der Waals surface area contributed by atoms with Crippen molar-refractivity contribution in [3.8, 4) is 11.5 Å². The molecule has 0 radical (unpaired) electrons. The van der Waals surface area contributed by atoms with Crippen molar-refractivity contribution in [2.24, 2.45) is 0 Å². The van der Waals surface area contributed by atoms with Gasteiger partial charge < -0.3 is 14.8 Å². The van der Waals surface area contributed by atoms with Gasteiger partial charge in [-0.1, -0.05) is 11.6 Å². The molecule has 1 fully saturated rings. The van der Waals surface area contributed by atoms with Gasteiger partial charge in [0.1, 0.15) is 0 Å². The first-order valence-electron chi connectivity index (χ1n) is 7.05. The van der Waals surface area contributed by atoms with E-state index in [0.717, 1.165) is 34.1 Å². The fraction of sp³-hybridized carbons (Fsp3) is 0.500. The highest BCUT2D eigenvalue weighted by Crippen LogP contribution is 2.37. The van der Waals surface area contributed by atoms with Gasteiger partial charge in [0.25, 0.3) is 0 Å². The summed E-state index contributed by atoms with van der Waals surface area (Å²) in [5.74, 6) is 1.52. The van der Waals surface area contributed by atoms with Gasteiger partial charge in [-0.25, -0.2) is 0 Å². The zero-order valence-corrected chi connectivity index (χ0v) is 13.9. The molecule has 110 valence electrons. The first-order chi connectivity index (χ1) is 9.63. The second-order valence-electron chi connectivity index (χ2n) is 5.11. The summed E-state index contributed by atoms with van der Waals surface area (Å²) in [4.78, 5) is 0. The average Bonchev–Trinajstić information content (AvgIpc) is 3.20. The molecule has 1 aliphatic carbocycles. The van der Waals surface area contributed by atoms with Crippen LogP contribution in [0.2, 0.25) is 0 Å². The van der Waals surface area contributed by atoms with Crippen LogP contribution in [0.3, 0.4) is 0 Å². The molecular formula is C16H22BrNO2. The minimum Gasteiger partial charge on any atom is -0.492 e. The lowest BCUT2D eigenvalue weighted by molar-refractivity contribution is 0.310. The van der Waals surface area contributed by atoms with Crippen molar-refractivity contribution in [3.63, 3.8) is 0 Å². The first-order valence-corrected chi connectivity index (χ1v) is 7.84. The summed E-state index contributed by atoms with van der Waals surface area (Å²) in [7, 11) is 1.66. The highest BCUT2D eigenvalue weighted by Gasteiger charge is 2.19. The van der Waals surface area contributed by atoms with Gasteiger partial charge in [-0.15, -0.1) is 0 Å². The van der Waals surface area contributed by atoms with Gasteiger partial charge in [0.05, 0.1) is 18.2 Å². The molecule has 1 aliphatic rings. The van der Waals surface area contributed by atoms with Crippen LogP contribution >= 0.6 is 15.9 Å². The molecule has 1 saturated carbocycles. The van der Waals surface area contributed by atoms with E-state index in [1.165, 1.54) is 18.4 Å². The number of halogens is 1. The highest BCUT2D eigenvalue weighted by molar-refractivity contribution is 9.10. The Morgan fingerprint density at radius 2 is 2.20 bits per heavy atom. The summed E-state index contributed by atoms with van der Waals surface area (Å²) in [6.45, 7) is 5.69. The molecule has 20 heavy (non-hydrogen) atoms. The van der Waals surface area contributed by atoms with Gasteiger partial charge in [0.2, 0.25) is 0 Å². The van der Waals surface area contributed by atoms with Gasteiger partial charge in [0.15, 0.2) is 11.5 Å². The molecule has 0 atom stereocenters. The minimum atomic E-state index is 0.623.